The molecule has 0 atom stereocenters. The fraction of sp³-hybridized carbons (Fsp3) is 0.444. The predicted octanol–water partition coefficient (Wildman–Crippen LogP) is 3.71. The van der Waals surface area contributed by atoms with Crippen molar-refractivity contribution >= 4 is 38.6 Å². The lowest BCUT2D eigenvalue weighted by Crippen LogP contribution is -2.10. The maximum Gasteiger partial charge on any atom is 0.323 e. The van der Waals surface area contributed by atoms with E-state index in [1.165, 1.54) is 19.3 Å². The number of carbonyl (C=O) groups is 2. The van der Waals surface area contributed by atoms with Crippen molar-refractivity contribution in [1.29, 1.82) is 0 Å². The van der Waals surface area contributed by atoms with Gasteiger partial charge in [-0.05, 0) is 46.3 Å². The summed E-state index contributed by atoms with van der Waals surface area (Å²) in [6.07, 6.45) is 5.81. The number of halogens is 1. The molecule has 3 rings (SSSR count). The van der Waals surface area contributed by atoms with Crippen molar-refractivity contribution in [1.82, 2.24) is 4.57 Å². The van der Waals surface area contributed by atoms with Crippen molar-refractivity contribution in [2.45, 2.75) is 44.6 Å². The van der Waals surface area contributed by atoms with Gasteiger partial charge in [-0.1, -0.05) is 31.4 Å². The Labute approximate surface area is 148 Å². The molecule has 0 saturated heterocycles. The molecule has 0 aliphatic heterocycles. The molecule has 1 saturated carbocycles. The molecular weight excluding hydrogens is 374 g/mol. The van der Waals surface area contributed by atoms with E-state index in [0.29, 0.717) is 11.5 Å². The second-order valence-corrected chi connectivity index (χ2v) is 7.08. The molecule has 1 fully saturated rings. The minimum absolute atomic E-state index is 0.166. The number of aliphatic carboxylic acids is 1. The Bertz CT molecular complexity index is 790. The van der Waals surface area contributed by atoms with Gasteiger partial charge in [0, 0.05) is 10.9 Å². The zero-order valence-electron chi connectivity index (χ0n) is 13.3. The Morgan fingerprint density at radius 1 is 1.21 bits per heavy atom. The molecule has 0 bridgehead atoms. The van der Waals surface area contributed by atoms with Gasteiger partial charge in [0.2, 0.25) is 0 Å². The van der Waals surface area contributed by atoms with Crippen molar-refractivity contribution in [3.63, 3.8) is 0 Å². The Balaban J connectivity index is 2.18. The third kappa shape index (κ3) is 3.13. The van der Waals surface area contributed by atoms with E-state index in [2.05, 4.69) is 15.9 Å². The van der Waals surface area contributed by atoms with E-state index < -0.39 is 12.6 Å². The van der Waals surface area contributed by atoms with E-state index in [-0.39, 0.29) is 12.3 Å². The number of ketones is 1. The van der Waals surface area contributed by atoms with Crippen LogP contribution >= 0.6 is 15.9 Å². The topological polar surface area (TPSA) is 79.5 Å². The third-order valence-corrected chi connectivity index (χ3v) is 5.67. The number of aliphatic hydroxyl groups is 1. The second kappa shape index (κ2) is 7.07. The summed E-state index contributed by atoms with van der Waals surface area (Å²) in [6, 6.07) is 5.28. The number of aliphatic hydroxyl groups excluding tert-OH is 1. The molecule has 2 aromatic rings. The summed E-state index contributed by atoms with van der Waals surface area (Å²) in [5.41, 5.74) is 2.27. The average Bonchev–Trinajstić information content (AvgIpc) is 2.86. The van der Waals surface area contributed by atoms with Crippen molar-refractivity contribution < 1.29 is 19.8 Å². The molecule has 2 N–H and O–H groups in total. The number of carbonyl (C=O) groups excluding carboxylic acids is 1. The van der Waals surface area contributed by atoms with Crippen molar-refractivity contribution in [2.24, 2.45) is 0 Å². The highest BCUT2D eigenvalue weighted by Gasteiger charge is 2.25. The summed E-state index contributed by atoms with van der Waals surface area (Å²) >= 11 is 3.60. The van der Waals surface area contributed by atoms with Crippen molar-refractivity contribution in [3.8, 4) is 0 Å². The Hall–Kier alpha value is -1.66. The smallest absolute Gasteiger partial charge is 0.323 e. The first-order valence-corrected chi connectivity index (χ1v) is 8.99. The monoisotopic (exact) mass is 393 g/mol. The number of aromatic nitrogens is 1. The minimum atomic E-state index is -0.929. The van der Waals surface area contributed by atoms with Gasteiger partial charge in [-0.25, -0.2) is 0 Å². The van der Waals surface area contributed by atoms with E-state index >= 15 is 0 Å². The molecule has 128 valence electrons. The van der Waals surface area contributed by atoms with Gasteiger partial charge in [0.1, 0.15) is 13.2 Å². The second-order valence-electron chi connectivity index (χ2n) is 6.33. The summed E-state index contributed by atoms with van der Waals surface area (Å²) < 4.78 is 2.50. The molecule has 0 spiro atoms. The van der Waals surface area contributed by atoms with Gasteiger partial charge in [-0.15, -0.1) is 0 Å². The van der Waals surface area contributed by atoms with E-state index in [0.717, 1.165) is 33.9 Å². The normalized spacial score (nSPS) is 15.8. The Kier molecular flexibility index (Phi) is 5.06. The van der Waals surface area contributed by atoms with Crippen LogP contribution in [0.2, 0.25) is 0 Å². The zero-order valence-corrected chi connectivity index (χ0v) is 14.9. The van der Waals surface area contributed by atoms with Gasteiger partial charge in [0.15, 0.2) is 5.78 Å². The highest BCUT2D eigenvalue weighted by atomic mass is 79.9. The molecule has 0 amide bonds. The van der Waals surface area contributed by atoms with E-state index in [1.807, 2.05) is 6.07 Å². The first-order valence-electron chi connectivity index (χ1n) is 8.20. The molecule has 1 aromatic carbocycles. The standard InChI is InChI=1S/C18H20BrNO4/c19-18-17(11-4-2-1-3-5-11)13-7-6-12(15(22)10-21)8-14(13)20(18)9-16(23)24/h6-8,11,21H,1-5,9-10H2,(H,23,24). The average molecular weight is 394 g/mol. The highest BCUT2D eigenvalue weighted by Crippen LogP contribution is 2.42. The fourth-order valence-corrected chi connectivity index (χ4v) is 4.53. The molecule has 24 heavy (non-hydrogen) atoms. The number of fused-ring (bicyclic) bond motifs is 1. The van der Waals surface area contributed by atoms with E-state index in [4.69, 9.17) is 5.11 Å². The van der Waals surface area contributed by atoms with Gasteiger partial charge in [-0.2, -0.15) is 0 Å². The summed E-state index contributed by atoms with van der Waals surface area (Å²) in [5, 5.41) is 19.3. The van der Waals surface area contributed by atoms with Crippen molar-refractivity contribution in [3.05, 3.63) is 33.9 Å². The predicted molar refractivity (Wildman–Crippen MR) is 94.5 cm³/mol. The minimum Gasteiger partial charge on any atom is -0.480 e. The SMILES string of the molecule is O=C(O)Cn1c(Br)c(C2CCCCC2)c2ccc(C(=O)CO)cc21. The van der Waals surface area contributed by atoms with Gasteiger partial charge >= 0.3 is 5.97 Å². The van der Waals surface area contributed by atoms with Crippen molar-refractivity contribution in [2.75, 3.05) is 6.61 Å². The first-order chi connectivity index (χ1) is 11.5. The number of Topliss-reactive ketones (excluding diaryl/α,β-unsaturated/α-hetero) is 1. The summed E-state index contributed by atoms with van der Waals surface area (Å²) in [6.45, 7) is -0.720. The molecule has 0 radical (unpaired) electrons. The quantitative estimate of drug-likeness (QED) is 0.758. The Morgan fingerprint density at radius 2 is 1.92 bits per heavy atom. The molecule has 1 aliphatic carbocycles. The summed E-state index contributed by atoms with van der Waals surface area (Å²) in [5.74, 6) is -0.887. The number of hydrogen-bond donors (Lipinski definition) is 2. The number of nitrogens with zero attached hydrogens (tertiary/aromatic N) is 1. The van der Waals surface area contributed by atoms with Crippen LogP contribution in [0.3, 0.4) is 0 Å². The molecule has 1 aliphatic rings. The molecule has 1 heterocycles. The van der Waals surface area contributed by atoms with Gasteiger partial charge < -0.3 is 14.8 Å². The lowest BCUT2D eigenvalue weighted by Gasteiger charge is -2.22. The number of rotatable bonds is 5. The molecular formula is C18H20BrNO4. The van der Waals surface area contributed by atoms with Crippen LogP contribution in [-0.2, 0) is 11.3 Å². The lowest BCUT2D eigenvalue weighted by atomic mass is 9.84. The molecule has 5 nitrogen and oxygen atoms in total. The maximum absolute atomic E-state index is 11.8. The molecule has 1 aromatic heterocycles. The zero-order chi connectivity index (χ0) is 17.3. The van der Waals surface area contributed by atoms with Crippen LogP contribution in [0.15, 0.2) is 22.8 Å². The molecule has 0 unspecified atom stereocenters. The number of carboxylic acids is 1. The van der Waals surface area contributed by atoms with Gasteiger partial charge in [0.05, 0.1) is 10.1 Å². The van der Waals surface area contributed by atoms with Crippen LogP contribution in [0.25, 0.3) is 10.9 Å². The highest BCUT2D eigenvalue weighted by molar-refractivity contribution is 9.10. The van der Waals surface area contributed by atoms with Crippen LogP contribution in [0.5, 0.6) is 0 Å². The first kappa shape index (κ1) is 17.2. The maximum atomic E-state index is 11.8. The molecule has 6 heteroatoms. The third-order valence-electron chi connectivity index (χ3n) is 4.81. The number of benzene rings is 1. The van der Waals surface area contributed by atoms with Crippen LogP contribution < -0.4 is 0 Å². The summed E-state index contributed by atoms with van der Waals surface area (Å²) in [4.78, 5) is 23.1. The Morgan fingerprint density at radius 3 is 2.54 bits per heavy atom. The largest absolute Gasteiger partial charge is 0.480 e. The van der Waals surface area contributed by atoms with Crippen LogP contribution in [0, 0.1) is 0 Å². The van der Waals surface area contributed by atoms with Crippen LogP contribution in [0.4, 0.5) is 0 Å². The number of hydrogen-bond acceptors (Lipinski definition) is 3. The lowest BCUT2D eigenvalue weighted by molar-refractivity contribution is -0.137. The van der Waals surface area contributed by atoms with Crippen LogP contribution in [-0.4, -0.2) is 33.1 Å². The summed E-state index contributed by atoms with van der Waals surface area (Å²) in [7, 11) is 0. The van der Waals surface area contributed by atoms with Gasteiger partial charge in [0.25, 0.3) is 0 Å². The van der Waals surface area contributed by atoms with E-state index in [1.54, 1.807) is 16.7 Å². The van der Waals surface area contributed by atoms with Gasteiger partial charge in [-0.3, -0.25) is 9.59 Å². The van der Waals surface area contributed by atoms with Crippen LogP contribution in [0.1, 0.15) is 53.9 Å². The van der Waals surface area contributed by atoms with E-state index in [9.17, 15) is 14.7 Å². The fourth-order valence-electron chi connectivity index (χ4n) is 3.68. The number of carboxylic acid groups (broad SMARTS) is 1.